The largest absolute Gasteiger partial charge is 0.264 e. The third-order valence-electron chi connectivity index (χ3n) is 5.79. The molecule has 0 aliphatic rings. The Morgan fingerprint density at radius 1 is 0.893 bits per heavy atom. The molecule has 4 rings (SSSR count). The van der Waals surface area contributed by atoms with Crippen molar-refractivity contribution in [3.05, 3.63) is 83.1 Å². The number of benzene rings is 2. The van der Waals surface area contributed by atoms with Gasteiger partial charge in [-0.2, -0.15) is 4.57 Å². The van der Waals surface area contributed by atoms with Crippen LogP contribution in [0.1, 0.15) is 22.4 Å². The third-order valence-corrected chi connectivity index (χ3v) is 5.79. The summed E-state index contributed by atoms with van der Waals surface area (Å²) in [5.41, 5.74) is 7.99. The van der Waals surface area contributed by atoms with Crippen molar-refractivity contribution in [1.82, 2.24) is 4.98 Å². The maximum atomic E-state index is 14.4. The molecule has 2 nitrogen and oxygen atoms in total. The van der Waals surface area contributed by atoms with Crippen molar-refractivity contribution < 1.29 is 8.96 Å². The summed E-state index contributed by atoms with van der Waals surface area (Å²) in [7, 11) is 2.08. The molecule has 28 heavy (non-hydrogen) atoms. The van der Waals surface area contributed by atoms with Crippen molar-refractivity contribution in [2.45, 2.75) is 27.7 Å². The van der Waals surface area contributed by atoms with E-state index < -0.39 is 0 Å². The quantitative estimate of drug-likeness (QED) is 0.409. The summed E-state index contributed by atoms with van der Waals surface area (Å²) in [5, 5.41) is 2.33. The van der Waals surface area contributed by atoms with Crippen LogP contribution in [0.25, 0.3) is 33.2 Å². The van der Waals surface area contributed by atoms with E-state index >= 15 is 0 Å². The summed E-state index contributed by atoms with van der Waals surface area (Å²) in [5.74, 6) is -0.111. The summed E-state index contributed by atoms with van der Waals surface area (Å²) in [6.07, 6.45) is 3.67. The number of hydrogen-bond donors (Lipinski definition) is 0. The van der Waals surface area contributed by atoms with E-state index in [1.807, 2.05) is 39.1 Å². The van der Waals surface area contributed by atoms with Crippen molar-refractivity contribution >= 4 is 10.8 Å². The molecule has 0 saturated carbocycles. The third kappa shape index (κ3) is 2.88. The number of hydrogen-bond acceptors (Lipinski definition) is 1. The van der Waals surface area contributed by atoms with E-state index in [-0.39, 0.29) is 5.82 Å². The van der Waals surface area contributed by atoms with Crippen LogP contribution in [-0.2, 0) is 7.05 Å². The van der Waals surface area contributed by atoms with Gasteiger partial charge in [0.05, 0.1) is 10.9 Å². The first kappa shape index (κ1) is 18.3. The highest BCUT2D eigenvalue weighted by molar-refractivity contribution is 5.96. The van der Waals surface area contributed by atoms with Crippen molar-refractivity contribution in [2.24, 2.45) is 7.05 Å². The molecule has 0 N–H and O–H groups in total. The van der Waals surface area contributed by atoms with Gasteiger partial charge >= 0.3 is 0 Å². The molecular formula is C25H24FN2+. The minimum Gasteiger partial charge on any atom is -0.264 e. The molecule has 0 atom stereocenters. The van der Waals surface area contributed by atoms with Crippen molar-refractivity contribution in [3.8, 4) is 22.4 Å². The standard InChI is InChI=1S/C25H24FN2/c1-15-11-23(17(3)18(4)24(15)26)25-22-9-8-19(20-7-6-10-27-14-20)13-21(22)12-16(2)28(25)5/h6-14H,1-5H3/q+1. The number of aryl methyl sites for hydroxylation is 2. The van der Waals surface area contributed by atoms with E-state index in [0.29, 0.717) is 5.56 Å². The number of rotatable bonds is 2. The fraction of sp³-hybridized carbons (Fsp3) is 0.200. The highest BCUT2D eigenvalue weighted by atomic mass is 19.1. The molecule has 0 aliphatic carbocycles. The molecule has 2 aromatic carbocycles. The van der Waals surface area contributed by atoms with Crippen LogP contribution >= 0.6 is 0 Å². The van der Waals surface area contributed by atoms with Gasteiger partial charge in [-0.1, -0.05) is 12.1 Å². The Hall–Kier alpha value is -3.07. The predicted molar refractivity (Wildman–Crippen MR) is 113 cm³/mol. The predicted octanol–water partition coefficient (Wildman–Crippen LogP) is 5.77. The average molecular weight is 371 g/mol. The molecule has 0 bridgehead atoms. The van der Waals surface area contributed by atoms with Gasteiger partial charge in [-0.3, -0.25) is 4.98 Å². The molecule has 0 spiro atoms. The maximum absolute atomic E-state index is 14.4. The summed E-state index contributed by atoms with van der Waals surface area (Å²) < 4.78 is 16.6. The molecular weight excluding hydrogens is 347 g/mol. The smallest absolute Gasteiger partial charge is 0.220 e. The van der Waals surface area contributed by atoms with Gasteiger partial charge in [-0.05, 0) is 72.7 Å². The van der Waals surface area contributed by atoms with Gasteiger partial charge in [0.25, 0.3) is 0 Å². The minimum atomic E-state index is -0.111. The van der Waals surface area contributed by atoms with E-state index in [0.717, 1.165) is 44.6 Å². The zero-order valence-corrected chi connectivity index (χ0v) is 17.0. The highest BCUT2D eigenvalue weighted by Gasteiger charge is 2.22. The molecule has 0 aliphatic heterocycles. The lowest BCUT2D eigenvalue weighted by molar-refractivity contribution is -0.665. The molecule has 3 heteroatoms. The molecule has 0 unspecified atom stereocenters. The summed E-state index contributed by atoms with van der Waals surface area (Å²) in [6.45, 7) is 7.81. The Balaban J connectivity index is 2.03. The van der Waals surface area contributed by atoms with Gasteiger partial charge < -0.3 is 0 Å². The van der Waals surface area contributed by atoms with Crippen LogP contribution in [0.3, 0.4) is 0 Å². The van der Waals surface area contributed by atoms with Crippen LogP contribution in [0.2, 0.25) is 0 Å². The topological polar surface area (TPSA) is 16.8 Å². The second-order valence-electron chi connectivity index (χ2n) is 7.54. The fourth-order valence-electron chi connectivity index (χ4n) is 3.91. The Morgan fingerprint density at radius 2 is 1.68 bits per heavy atom. The number of aromatic nitrogens is 2. The lowest BCUT2D eigenvalue weighted by Crippen LogP contribution is -2.35. The first-order valence-electron chi connectivity index (χ1n) is 9.49. The van der Waals surface area contributed by atoms with Gasteiger partial charge in [-0.15, -0.1) is 0 Å². The second-order valence-corrected chi connectivity index (χ2v) is 7.54. The number of halogens is 1. The van der Waals surface area contributed by atoms with E-state index in [2.05, 4.69) is 53.9 Å². The van der Waals surface area contributed by atoms with Gasteiger partial charge in [0.15, 0.2) is 5.69 Å². The molecule has 0 radical (unpaired) electrons. The first-order chi connectivity index (χ1) is 13.4. The fourth-order valence-corrected chi connectivity index (χ4v) is 3.91. The normalized spacial score (nSPS) is 11.2. The number of fused-ring (bicyclic) bond motifs is 1. The van der Waals surface area contributed by atoms with Gasteiger partial charge in [0.2, 0.25) is 5.69 Å². The molecule has 2 aromatic heterocycles. The molecule has 2 heterocycles. The summed E-state index contributed by atoms with van der Waals surface area (Å²) in [6, 6.07) is 14.7. The van der Waals surface area contributed by atoms with Crippen LogP contribution in [0.5, 0.6) is 0 Å². The first-order valence-corrected chi connectivity index (χ1v) is 9.49. The van der Waals surface area contributed by atoms with Gasteiger partial charge in [0, 0.05) is 30.9 Å². The van der Waals surface area contributed by atoms with Crippen LogP contribution in [-0.4, -0.2) is 4.98 Å². The van der Waals surface area contributed by atoms with E-state index in [1.54, 1.807) is 6.20 Å². The Bertz CT molecular complexity index is 1210. The summed E-state index contributed by atoms with van der Waals surface area (Å²) in [4.78, 5) is 4.24. The molecule has 0 amide bonds. The van der Waals surface area contributed by atoms with Crippen LogP contribution in [0, 0.1) is 33.5 Å². The SMILES string of the molecule is Cc1cc(-c2c3ccc(-c4cccnc4)cc3cc(C)[n+]2C)c(C)c(C)c1F. The molecule has 140 valence electrons. The lowest BCUT2D eigenvalue weighted by Gasteiger charge is -2.14. The molecule has 0 saturated heterocycles. The lowest BCUT2D eigenvalue weighted by atomic mass is 9.92. The van der Waals surface area contributed by atoms with Crippen LogP contribution in [0.15, 0.2) is 54.9 Å². The maximum Gasteiger partial charge on any atom is 0.220 e. The van der Waals surface area contributed by atoms with Crippen molar-refractivity contribution in [3.63, 3.8) is 0 Å². The Morgan fingerprint density at radius 3 is 2.39 bits per heavy atom. The molecule has 4 aromatic rings. The highest BCUT2D eigenvalue weighted by Crippen LogP contribution is 2.34. The Labute approximate surface area is 165 Å². The van der Waals surface area contributed by atoms with Crippen LogP contribution in [0.4, 0.5) is 4.39 Å². The summed E-state index contributed by atoms with van der Waals surface area (Å²) >= 11 is 0. The average Bonchev–Trinajstić information content (AvgIpc) is 2.71. The monoisotopic (exact) mass is 371 g/mol. The van der Waals surface area contributed by atoms with Gasteiger partial charge in [-0.25, -0.2) is 4.39 Å². The zero-order chi connectivity index (χ0) is 20.0. The number of pyridine rings is 2. The van der Waals surface area contributed by atoms with E-state index in [4.69, 9.17) is 0 Å². The van der Waals surface area contributed by atoms with E-state index in [9.17, 15) is 4.39 Å². The van der Waals surface area contributed by atoms with Gasteiger partial charge in [0.1, 0.15) is 12.9 Å². The van der Waals surface area contributed by atoms with Crippen molar-refractivity contribution in [1.29, 1.82) is 0 Å². The zero-order valence-electron chi connectivity index (χ0n) is 17.0. The minimum absolute atomic E-state index is 0.111. The Kier molecular flexibility index (Phi) is 4.46. The number of nitrogens with zero attached hydrogens (tertiary/aromatic N) is 2. The molecule has 0 fully saturated rings. The second kappa shape index (κ2) is 6.83. The van der Waals surface area contributed by atoms with E-state index in [1.165, 1.54) is 5.39 Å². The van der Waals surface area contributed by atoms with Crippen molar-refractivity contribution in [2.75, 3.05) is 0 Å². The van der Waals surface area contributed by atoms with Crippen LogP contribution < -0.4 is 4.57 Å².